The average Bonchev–Trinajstić information content (AvgIpc) is 2.27. The maximum atomic E-state index is 13.0. The fraction of sp³-hybridized carbons (Fsp3) is 0.945. The highest BCUT2D eigenvalue weighted by Crippen LogP contribution is 2.45. The van der Waals surface area contributed by atoms with Gasteiger partial charge in [-0.3, -0.25) is 37.3 Å². The minimum Gasteiger partial charge on any atom is -0.462 e. The molecule has 0 rings (SSSR count). The number of esters is 4. The number of phosphoric ester groups is 2. The Morgan fingerprint density at radius 1 is 0.304 bits per heavy atom. The molecule has 3 N–H and O–H groups in total. The van der Waals surface area contributed by atoms with E-state index in [9.17, 15) is 43.2 Å². The van der Waals surface area contributed by atoms with Crippen molar-refractivity contribution in [1.82, 2.24) is 0 Å². The molecule has 0 aromatic rings. The highest BCUT2D eigenvalue weighted by Gasteiger charge is 2.30. The van der Waals surface area contributed by atoms with Crippen molar-refractivity contribution in [2.75, 3.05) is 39.6 Å². The number of aliphatic hydroxyl groups is 1. The van der Waals surface area contributed by atoms with Gasteiger partial charge in [-0.25, -0.2) is 9.13 Å². The molecular formula is C73H142O17P2. The van der Waals surface area contributed by atoms with Crippen molar-refractivity contribution < 1.29 is 80.2 Å². The summed E-state index contributed by atoms with van der Waals surface area (Å²) in [5, 5.41) is 10.6. The van der Waals surface area contributed by atoms with Crippen LogP contribution in [0.15, 0.2) is 0 Å². The number of hydrogen-bond acceptors (Lipinski definition) is 15. The second-order valence-corrected chi connectivity index (χ2v) is 30.9. The minimum absolute atomic E-state index is 0.102. The Balaban J connectivity index is 5.18. The van der Waals surface area contributed by atoms with E-state index < -0.39 is 97.5 Å². The molecule has 0 aliphatic heterocycles. The lowest BCUT2D eigenvalue weighted by Gasteiger charge is -2.21. The SMILES string of the molecule is CCC(C)CCCCCCCCCCC(=O)OC[C@H](COP(=O)(O)OC[C@@H](O)COP(=O)(O)OC[C@@H](COC(=O)CCCCCCCCC(C)C)OC(=O)CCCCCCCCCC(C)C)OC(=O)CCCCCCCCCCCCCCCCCCCCC(C)C. The summed E-state index contributed by atoms with van der Waals surface area (Å²) in [6, 6.07) is 0. The van der Waals surface area contributed by atoms with Gasteiger partial charge in [0.2, 0.25) is 0 Å². The Kier molecular flexibility index (Phi) is 61.3. The van der Waals surface area contributed by atoms with Gasteiger partial charge in [-0.2, -0.15) is 0 Å². The molecule has 0 aromatic carbocycles. The van der Waals surface area contributed by atoms with Crippen LogP contribution in [0.25, 0.3) is 0 Å². The van der Waals surface area contributed by atoms with Gasteiger partial charge in [-0.1, -0.05) is 312 Å². The van der Waals surface area contributed by atoms with Crippen molar-refractivity contribution in [1.29, 1.82) is 0 Å². The van der Waals surface area contributed by atoms with Crippen molar-refractivity contribution in [2.45, 2.75) is 382 Å². The zero-order valence-electron chi connectivity index (χ0n) is 60.2. The number of hydrogen-bond donors (Lipinski definition) is 3. The predicted octanol–water partition coefficient (Wildman–Crippen LogP) is 20.9. The average molecular weight is 1350 g/mol. The molecule has 0 aliphatic rings. The number of aliphatic hydroxyl groups excluding tert-OH is 1. The normalized spacial score (nSPS) is 14.5. The Bertz CT molecular complexity index is 1820. The van der Waals surface area contributed by atoms with Crippen LogP contribution in [0.2, 0.25) is 0 Å². The van der Waals surface area contributed by atoms with Crippen LogP contribution in [-0.4, -0.2) is 96.7 Å². The largest absolute Gasteiger partial charge is 0.472 e. The lowest BCUT2D eigenvalue weighted by molar-refractivity contribution is -0.161. The molecule has 0 fully saturated rings. The Labute approximate surface area is 562 Å². The van der Waals surface area contributed by atoms with Gasteiger partial charge in [0, 0.05) is 25.7 Å². The smallest absolute Gasteiger partial charge is 0.462 e. The van der Waals surface area contributed by atoms with Crippen LogP contribution in [0.4, 0.5) is 0 Å². The topological polar surface area (TPSA) is 237 Å². The molecule has 0 aliphatic carbocycles. The molecule has 3 unspecified atom stereocenters. The maximum absolute atomic E-state index is 13.0. The van der Waals surface area contributed by atoms with Crippen LogP contribution >= 0.6 is 15.6 Å². The van der Waals surface area contributed by atoms with Gasteiger partial charge in [0.25, 0.3) is 0 Å². The van der Waals surface area contributed by atoms with E-state index >= 15 is 0 Å². The third kappa shape index (κ3) is 65.4. The lowest BCUT2D eigenvalue weighted by atomic mass is 9.99. The second-order valence-electron chi connectivity index (χ2n) is 28.0. The predicted molar refractivity (Wildman–Crippen MR) is 372 cm³/mol. The minimum atomic E-state index is -4.96. The summed E-state index contributed by atoms with van der Waals surface area (Å²) in [5.41, 5.74) is 0. The van der Waals surface area contributed by atoms with Crippen LogP contribution in [0.3, 0.4) is 0 Å². The summed E-state index contributed by atoms with van der Waals surface area (Å²) in [6.45, 7) is 14.1. The molecule has 17 nitrogen and oxygen atoms in total. The number of carbonyl (C=O) groups is 4. The molecule has 0 saturated carbocycles. The number of ether oxygens (including phenoxy) is 4. The quantitative estimate of drug-likeness (QED) is 0.0222. The lowest BCUT2D eigenvalue weighted by Crippen LogP contribution is -2.30. The van der Waals surface area contributed by atoms with E-state index in [1.807, 2.05) is 0 Å². The van der Waals surface area contributed by atoms with Crippen molar-refractivity contribution in [2.24, 2.45) is 23.7 Å². The molecule has 0 spiro atoms. The first kappa shape index (κ1) is 90.1. The Morgan fingerprint density at radius 2 is 0.522 bits per heavy atom. The standard InChI is InChI=1S/C73H142O17P2/c1-9-66(8)52-44-36-27-22-23-28-37-45-53-70(75)83-59-68(89-72(77)55-47-39-29-21-19-17-15-13-11-10-12-14-16-18-20-25-33-41-49-63(2)3)61-87-91(79,80)85-57-67(74)58-86-92(81,82)88-62-69(60-84-71(76)54-46-38-32-31-35-43-51-65(6)7)90-73(78)56-48-40-30-24-26-34-42-50-64(4)5/h63-69,74H,9-62H2,1-8H3,(H,79,80)(H,81,82)/t66?,67-,68-,69-/m1/s1. The van der Waals surface area contributed by atoms with E-state index in [4.69, 9.17) is 37.0 Å². The number of carbonyl (C=O) groups excluding carboxylic acids is 4. The number of unbranched alkanes of at least 4 members (excludes halogenated alkanes) is 35. The highest BCUT2D eigenvalue weighted by atomic mass is 31.2. The molecule has 0 heterocycles. The summed E-state index contributed by atoms with van der Waals surface area (Å²) >= 11 is 0. The van der Waals surface area contributed by atoms with Gasteiger partial charge in [-0.05, 0) is 49.4 Å². The summed E-state index contributed by atoms with van der Waals surface area (Å²) in [5.74, 6) is 0.842. The van der Waals surface area contributed by atoms with Gasteiger partial charge in [0.1, 0.15) is 19.3 Å². The van der Waals surface area contributed by atoms with Crippen molar-refractivity contribution in [3.05, 3.63) is 0 Å². The molecule has 0 bridgehead atoms. The van der Waals surface area contributed by atoms with Crippen LogP contribution in [-0.2, 0) is 65.4 Å². The van der Waals surface area contributed by atoms with E-state index in [2.05, 4.69) is 55.4 Å². The van der Waals surface area contributed by atoms with Crippen molar-refractivity contribution >= 4 is 39.5 Å². The second kappa shape index (κ2) is 62.6. The van der Waals surface area contributed by atoms with E-state index in [1.165, 1.54) is 161 Å². The molecule has 92 heavy (non-hydrogen) atoms. The molecule has 6 atom stereocenters. The number of rotatable bonds is 70. The first-order valence-corrected chi connectivity index (χ1v) is 40.7. The molecular weight excluding hydrogens is 1210 g/mol. The van der Waals surface area contributed by atoms with E-state index in [0.717, 1.165) is 108 Å². The van der Waals surface area contributed by atoms with Gasteiger partial charge < -0.3 is 33.8 Å². The van der Waals surface area contributed by atoms with Crippen molar-refractivity contribution in [3.63, 3.8) is 0 Å². The molecule has 19 heteroatoms. The van der Waals surface area contributed by atoms with Crippen LogP contribution in [0.1, 0.15) is 364 Å². The summed E-state index contributed by atoms with van der Waals surface area (Å²) in [7, 11) is -9.90. The van der Waals surface area contributed by atoms with E-state index in [1.54, 1.807) is 0 Å². The first-order valence-electron chi connectivity index (χ1n) is 37.7. The summed E-state index contributed by atoms with van der Waals surface area (Å²) in [6.07, 6.45) is 46.2. The van der Waals surface area contributed by atoms with Crippen molar-refractivity contribution in [3.8, 4) is 0 Å². The number of phosphoric acid groups is 2. The van der Waals surface area contributed by atoms with Gasteiger partial charge in [-0.15, -0.1) is 0 Å². The van der Waals surface area contributed by atoms with E-state index in [0.29, 0.717) is 37.5 Å². The molecule has 0 radical (unpaired) electrons. The van der Waals surface area contributed by atoms with Gasteiger partial charge >= 0.3 is 39.5 Å². The van der Waals surface area contributed by atoms with Crippen LogP contribution < -0.4 is 0 Å². The third-order valence-electron chi connectivity index (χ3n) is 17.2. The third-order valence-corrected chi connectivity index (χ3v) is 19.1. The first-order chi connectivity index (χ1) is 44.1. The Morgan fingerprint density at radius 3 is 0.772 bits per heavy atom. The molecule has 0 amide bonds. The van der Waals surface area contributed by atoms with Gasteiger partial charge in [0.05, 0.1) is 26.4 Å². The van der Waals surface area contributed by atoms with E-state index in [-0.39, 0.29) is 25.7 Å². The molecule has 0 aromatic heterocycles. The maximum Gasteiger partial charge on any atom is 0.472 e. The fourth-order valence-corrected chi connectivity index (χ4v) is 12.6. The fourth-order valence-electron chi connectivity index (χ4n) is 11.0. The molecule has 0 saturated heterocycles. The highest BCUT2D eigenvalue weighted by molar-refractivity contribution is 7.47. The van der Waals surface area contributed by atoms with Crippen LogP contribution in [0, 0.1) is 23.7 Å². The monoisotopic (exact) mass is 1350 g/mol. The summed E-state index contributed by atoms with van der Waals surface area (Å²) < 4.78 is 68.3. The van der Waals surface area contributed by atoms with Crippen LogP contribution in [0.5, 0.6) is 0 Å². The zero-order chi connectivity index (χ0) is 68.2. The molecule has 546 valence electrons. The Hall–Kier alpha value is -1.94. The van der Waals surface area contributed by atoms with Gasteiger partial charge in [0.15, 0.2) is 12.2 Å². The zero-order valence-corrected chi connectivity index (χ0v) is 62.0. The summed E-state index contributed by atoms with van der Waals surface area (Å²) in [4.78, 5) is 72.5.